The highest BCUT2D eigenvalue weighted by atomic mass is 16.2. The van der Waals surface area contributed by atoms with Crippen LogP contribution in [0.3, 0.4) is 0 Å². The van der Waals surface area contributed by atoms with Crippen LogP contribution in [0.25, 0.3) is 10.9 Å². The Kier molecular flexibility index (Phi) is 6.88. The monoisotopic (exact) mass is 409 g/mol. The topological polar surface area (TPSA) is 65.2 Å². The van der Waals surface area contributed by atoms with Crippen molar-refractivity contribution in [2.45, 2.75) is 64.8 Å². The summed E-state index contributed by atoms with van der Waals surface area (Å²) in [5.74, 6) is 1.06. The highest BCUT2D eigenvalue weighted by Gasteiger charge is 2.27. The molecule has 1 aromatic carbocycles. The van der Waals surface area contributed by atoms with Crippen molar-refractivity contribution in [3.05, 3.63) is 45.7 Å². The van der Waals surface area contributed by atoms with E-state index in [1.54, 1.807) is 0 Å². The molecule has 30 heavy (non-hydrogen) atoms. The second kappa shape index (κ2) is 9.78. The zero-order chi connectivity index (χ0) is 20.9. The zero-order valence-corrected chi connectivity index (χ0v) is 18.2. The number of piperidine rings is 1. The van der Waals surface area contributed by atoms with Crippen molar-refractivity contribution in [3.63, 3.8) is 0 Å². The van der Waals surface area contributed by atoms with E-state index in [1.807, 2.05) is 23.1 Å². The largest absolute Gasteiger partial charge is 0.338 e. The predicted octanol–water partition coefficient (Wildman–Crippen LogP) is 4.14. The summed E-state index contributed by atoms with van der Waals surface area (Å²) in [6, 6.07) is 8.04. The van der Waals surface area contributed by atoms with Crippen LogP contribution in [0.15, 0.2) is 29.1 Å². The SMILES string of the molecule is Cc1ccc2[nH]c(=O)c(CN(CCC3CCNCC3)C(=O)C3CCCCC3)cc2c1. The second-order valence-electron chi connectivity index (χ2n) is 9.29. The van der Waals surface area contributed by atoms with E-state index in [1.165, 1.54) is 24.8 Å². The van der Waals surface area contributed by atoms with Gasteiger partial charge in [-0.3, -0.25) is 9.59 Å². The summed E-state index contributed by atoms with van der Waals surface area (Å²) in [5, 5.41) is 4.45. The smallest absolute Gasteiger partial charge is 0.253 e. The molecule has 1 saturated carbocycles. The number of pyridine rings is 1. The van der Waals surface area contributed by atoms with Crippen LogP contribution in [0.2, 0.25) is 0 Å². The third kappa shape index (κ3) is 5.12. The van der Waals surface area contributed by atoms with Gasteiger partial charge in [0, 0.05) is 23.5 Å². The summed E-state index contributed by atoms with van der Waals surface area (Å²) in [7, 11) is 0. The molecule has 5 nitrogen and oxygen atoms in total. The molecule has 0 bridgehead atoms. The first-order valence-electron chi connectivity index (χ1n) is 11.7. The lowest BCUT2D eigenvalue weighted by atomic mass is 9.87. The Morgan fingerprint density at radius 3 is 2.60 bits per heavy atom. The summed E-state index contributed by atoms with van der Waals surface area (Å²) in [6.07, 6.45) is 8.92. The fraction of sp³-hybridized carbons (Fsp3) is 0.600. The van der Waals surface area contributed by atoms with E-state index in [2.05, 4.69) is 23.3 Å². The Bertz CT molecular complexity index is 924. The molecule has 0 radical (unpaired) electrons. The minimum absolute atomic E-state index is 0.0744. The number of rotatable bonds is 6. The fourth-order valence-corrected chi connectivity index (χ4v) is 5.08. The van der Waals surface area contributed by atoms with Crippen LogP contribution < -0.4 is 10.9 Å². The number of aryl methyl sites for hydroxylation is 1. The van der Waals surface area contributed by atoms with Crippen LogP contribution >= 0.6 is 0 Å². The van der Waals surface area contributed by atoms with Gasteiger partial charge >= 0.3 is 0 Å². The van der Waals surface area contributed by atoms with Crippen molar-refractivity contribution < 1.29 is 4.79 Å². The van der Waals surface area contributed by atoms with Gasteiger partial charge in [-0.25, -0.2) is 0 Å². The van der Waals surface area contributed by atoms with Gasteiger partial charge in [0.2, 0.25) is 5.91 Å². The predicted molar refractivity (Wildman–Crippen MR) is 122 cm³/mol. The number of fused-ring (bicyclic) bond motifs is 1. The first-order valence-corrected chi connectivity index (χ1v) is 11.7. The number of hydrogen-bond donors (Lipinski definition) is 2. The van der Waals surface area contributed by atoms with Crippen LogP contribution in [0.4, 0.5) is 0 Å². The lowest BCUT2D eigenvalue weighted by Gasteiger charge is -2.31. The molecular formula is C25H35N3O2. The number of nitrogens with zero attached hydrogens (tertiary/aromatic N) is 1. The third-order valence-corrected chi connectivity index (χ3v) is 6.97. The molecule has 2 aromatic rings. The van der Waals surface area contributed by atoms with Crippen molar-refractivity contribution in [1.29, 1.82) is 0 Å². The van der Waals surface area contributed by atoms with Crippen molar-refractivity contribution >= 4 is 16.8 Å². The third-order valence-electron chi connectivity index (χ3n) is 6.97. The summed E-state index contributed by atoms with van der Waals surface area (Å²) in [6.45, 7) is 5.38. The van der Waals surface area contributed by atoms with E-state index in [0.717, 1.165) is 62.6 Å². The van der Waals surface area contributed by atoms with E-state index in [4.69, 9.17) is 0 Å². The molecule has 2 heterocycles. The molecule has 1 amide bonds. The van der Waals surface area contributed by atoms with E-state index in [-0.39, 0.29) is 17.4 Å². The molecule has 4 rings (SSSR count). The number of H-pyrrole nitrogens is 1. The zero-order valence-electron chi connectivity index (χ0n) is 18.2. The maximum absolute atomic E-state index is 13.4. The first-order chi connectivity index (χ1) is 14.6. The second-order valence-corrected chi connectivity index (χ2v) is 9.29. The molecule has 1 saturated heterocycles. The number of aromatic amines is 1. The Morgan fingerprint density at radius 2 is 1.83 bits per heavy atom. The van der Waals surface area contributed by atoms with Gasteiger partial charge in [0.15, 0.2) is 0 Å². The van der Waals surface area contributed by atoms with Gasteiger partial charge in [-0.15, -0.1) is 0 Å². The molecule has 1 aromatic heterocycles. The van der Waals surface area contributed by atoms with Crippen LogP contribution in [0, 0.1) is 18.8 Å². The van der Waals surface area contributed by atoms with Gasteiger partial charge in [0.25, 0.3) is 5.56 Å². The molecule has 5 heteroatoms. The van der Waals surface area contributed by atoms with E-state index in [9.17, 15) is 9.59 Å². The van der Waals surface area contributed by atoms with Gasteiger partial charge in [-0.2, -0.15) is 0 Å². The summed E-state index contributed by atoms with van der Waals surface area (Å²) < 4.78 is 0. The molecule has 0 spiro atoms. The van der Waals surface area contributed by atoms with E-state index >= 15 is 0 Å². The Morgan fingerprint density at radius 1 is 1.07 bits per heavy atom. The molecule has 162 valence electrons. The van der Waals surface area contributed by atoms with E-state index < -0.39 is 0 Å². The van der Waals surface area contributed by atoms with Crippen LogP contribution in [0.1, 0.15) is 62.5 Å². The fourth-order valence-electron chi connectivity index (χ4n) is 5.08. The average molecular weight is 410 g/mol. The lowest BCUT2D eigenvalue weighted by Crippen LogP contribution is -2.39. The molecule has 1 aliphatic heterocycles. The van der Waals surface area contributed by atoms with Crippen LogP contribution in [-0.4, -0.2) is 35.4 Å². The number of carbonyl (C=O) groups is 1. The summed E-state index contributed by atoms with van der Waals surface area (Å²) in [4.78, 5) is 31.2. The molecule has 2 fully saturated rings. The minimum Gasteiger partial charge on any atom is -0.338 e. The number of carbonyl (C=O) groups excluding carboxylic acids is 1. The highest BCUT2D eigenvalue weighted by Crippen LogP contribution is 2.27. The van der Waals surface area contributed by atoms with Gasteiger partial charge in [-0.1, -0.05) is 30.9 Å². The normalized spacial score (nSPS) is 18.6. The number of aromatic nitrogens is 1. The Labute approximate surface area is 179 Å². The van der Waals surface area contributed by atoms with Gasteiger partial charge in [-0.05, 0) is 81.6 Å². The van der Waals surface area contributed by atoms with Gasteiger partial charge in [0.05, 0.1) is 6.54 Å². The number of hydrogen-bond acceptors (Lipinski definition) is 3. The number of nitrogens with one attached hydrogen (secondary N) is 2. The summed E-state index contributed by atoms with van der Waals surface area (Å²) in [5.41, 5.74) is 2.65. The minimum atomic E-state index is -0.0744. The quantitative estimate of drug-likeness (QED) is 0.754. The summed E-state index contributed by atoms with van der Waals surface area (Å²) >= 11 is 0. The van der Waals surface area contributed by atoms with Gasteiger partial charge in [0.1, 0.15) is 0 Å². The molecule has 1 aliphatic carbocycles. The number of benzene rings is 1. The standard InChI is InChI=1S/C25H35N3O2/c1-18-7-8-23-21(15-18)16-22(24(29)27-23)17-28(14-11-19-9-12-26-13-10-19)25(30)20-5-3-2-4-6-20/h7-8,15-16,19-20,26H,2-6,9-14,17H2,1H3,(H,27,29). The van der Waals surface area contributed by atoms with Crippen molar-refractivity contribution in [3.8, 4) is 0 Å². The maximum Gasteiger partial charge on any atom is 0.253 e. The first kappa shape index (κ1) is 21.1. The van der Waals surface area contributed by atoms with Crippen LogP contribution in [-0.2, 0) is 11.3 Å². The van der Waals surface area contributed by atoms with Crippen molar-refractivity contribution in [1.82, 2.24) is 15.2 Å². The molecule has 2 N–H and O–H groups in total. The van der Waals surface area contributed by atoms with Crippen LogP contribution in [0.5, 0.6) is 0 Å². The van der Waals surface area contributed by atoms with Crippen molar-refractivity contribution in [2.75, 3.05) is 19.6 Å². The number of amides is 1. The Balaban J connectivity index is 1.54. The highest BCUT2D eigenvalue weighted by molar-refractivity contribution is 5.81. The van der Waals surface area contributed by atoms with Crippen molar-refractivity contribution in [2.24, 2.45) is 11.8 Å². The average Bonchev–Trinajstić information content (AvgIpc) is 2.78. The molecule has 2 aliphatic rings. The van der Waals surface area contributed by atoms with E-state index in [0.29, 0.717) is 18.0 Å². The molecular weight excluding hydrogens is 374 g/mol. The lowest BCUT2D eigenvalue weighted by molar-refractivity contribution is -0.137. The molecule has 0 atom stereocenters. The maximum atomic E-state index is 13.4. The Hall–Kier alpha value is -2.14. The van der Waals surface area contributed by atoms with Gasteiger partial charge < -0.3 is 15.2 Å². The molecule has 0 unspecified atom stereocenters.